The summed E-state index contributed by atoms with van der Waals surface area (Å²) >= 11 is 0. The minimum atomic E-state index is -0.496. The van der Waals surface area contributed by atoms with Gasteiger partial charge in [0, 0.05) is 30.2 Å². The minimum absolute atomic E-state index is 0.141. The van der Waals surface area contributed by atoms with Gasteiger partial charge in [0.15, 0.2) is 5.65 Å². The van der Waals surface area contributed by atoms with Crippen LogP contribution in [0, 0.1) is 0 Å². The van der Waals surface area contributed by atoms with Crippen LogP contribution in [0.25, 0.3) is 21.9 Å². The number of aromatic amines is 1. The van der Waals surface area contributed by atoms with Crippen molar-refractivity contribution in [3.05, 3.63) is 43.0 Å². The molecule has 0 atom stereocenters. The van der Waals surface area contributed by atoms with Gasteiger partial charge in [-0.2, -0.15) is 5.10 Å². The molecule has 9 heteroatoms. The molecule has 0 bridgehead atoms. The van der Waals surface area contributed by atoms with Crippen LogP contribution in [-0.2, 0) is 4.74 Å². The molecule has 1 aliphatic rings. The lowest BCUT2D eigenvalue weighted by molar-refractivity contribution is 0.0186. The Morgan fingerprint density at radius 3 is 2.72 bits per heavy atom. The summed E-state index contributed by atoms with van der Waals surface area (Å²) in [5.41, 5.74) is 1.23. The zero-order valence-corrected chi connectivity index (χ0v) is 18.4. The Bertz CT molecular complexity index is 1260. The standard InChI is InChI=1S/C23H26N6O3/c1-23(2,3)32-22(30)28-11-8-15(9-12-28)29-20-17(13-27-29)21(26-14-25-20)31-19-6-4-5-18-16(19)7-10-24-18/h4-7,10,13-15,24H,8-9,11-12H2,1-3H3. The summed E-state index contributed by atoms with van der Waals surface area (Å²) in [6.07, 6.45) is 6.43. The maximum Gasteiger partial charge on any atom is 0.410 e. The van der Waals surface area contributed by atoms with Crippen LogP contribution in [0.3, 0.4) is 0 Å². The maximum atomic E-state index is 12.4. The van der Waals surface area contributed by atoms with Crippen LogP contribution in [0.2, 0.25) is 0 Å². The van der Waals surface area contributed by atoms with E-state index in [1.165, 1.54) is 6.33 Å². The van der Waals surface area contributed by atoms with E-state index in [0.717, 1.165) is 40.5 Å². The number of carbonyl (C=O) groups is 1. The van der Waals surface area contributed by atoms with Crippen molar-refractivity contribution in [1.29, 1.82) is 0 Å². The lowest BCUT2D eigenvalue weighted by Crippen LogP contribution is -2.42. The Kier molecular flexibility index (Phi) is 4.96. The molecule has 5 rings (SSSR count). The van der Waals surface area contributed by atoms with Gasteiger partial charge < -0.3 is 19.4 Å². The molecule has 1 aliphatic heterocycles. The van der Waals surface area contributed by atoms with Crippen LogP contribution in [-0.4, -0.2) is 54.4 Å². The van der Waals surface area contributed by atoms with E-state index in [4.69, 9.17) is 9.47 Å². The fourth-order valence-corrected chi connectivity index (χ4v) is 4.06. The number of aromatic nitrogens is 5. The molecule has 1 aromatic carbocycles. The van der Waals surface area contributed by atoms with E-state index in [1.54, 1.807) is 11.1 Å². The van der Waals surface area contributed by atoms with Crippen LogP contribution in [0.1, 0.15) is 39.7 Å². The highest BCUT2D eigenvalue weighted by atomic mass is 16.6. The van der Waals surface area contributed by atoms with Gasteiger partial charge in [0.2, 0.25) is 5.88 Å². The zero-order chi connectivity index (χ0) is 22.3. The normalized spacial score (nSPS) is 15.4. The first kappa shape index (κ1) is 20.3. The summed E-state index contributed by atoms with van der Waals surface area (Å²) in [5, 5.41) is 6.34. The SMILES string of the molecule is CC(C)(C)OC(=O)N1CCC(n2ncc3c(Oc4cccc5[nH]ccc45)ncnc32)CC1. The highest BCUT2D eigenvalue weighted by molar-refractivity contribution is 5.87. The van der Waals surface area contributed by atoms with E-state index >= 15 is 0 Å². The van der Waals surface area contributed by atoms with Gasteiger partial charge in [-0.05, 0) is 51.8 Å². The molecule has 1 saturated heterocycles. The van der Waals surface area contributed by atoms with Gasteiger partial charge in [-0.3, -0.25) is 0 Å². The quantitative estimate of drug-likeness (QED) is 0.503. The monoisotopic (exact) mass is 434 g/mol. The van der Waals surface area contributed by atoms with Crippen molar-refractivity contribution in [3.63, 3.8) is 0 Å². The molecule has 3 aromatic heterocycles. The number of amides is 1. The maximum absolute atomic E-state index is 12.4. The molecular formula is C23H26N6O3. The first-order valence-corrected chi connectivity index (χ1v) is 10.8. The topological polar surface area (TPSA) is 98.2 Å². The molecule has 0 spiro atoms. The van der Waals surface area contributed by atoms with E-state index in [2.05, 4.69) is 20.1 Å². The Balaban J connectivity index is 1.35. The Morgan fingerprint density at radius 2 is 1.94 bits per heavy atom. The van der Waals surface area contributed by atoms with E-state index in [1.807, 2.05) is 55.9 Å². The van der Waals surface area contributed by atoms with Gasteiger partial charge in [0.25, 0.3) is 0 Å². The molecule has 1 N–H and O–H groups in total. The number of rotatable bonds is 3. The molecule has 0 radical (unpaired) electrons. The van der Waals surface area contributed by atoms with E-state index in [-0.39, 0.29) is 12.1 Å². The third-order valence-electron chi connectivity index (χ3n) is 5.58. The van der Waals surface area contributed by atoms with Crippen LogP contribution in [0.4, 0.5) is 4.79 Å². The lowest BCUT2D eigenvalue weighted by Gasteiger charge is -2.33. The lowest BCUT2D eigenvalue weighted by atomic mass is 10.1. The smallest absolute Gasteiger partial charge is 0.410 e. The molecule has 0 unspecified atom stereocenters. The number of nitrogens with zero attached hydrogens (tertiary/aromatic N) is 5. The number of benzene rings is 1. The van der Waals surface area contributed by atoms with Crippen LogP contribution < -0.4 is 4.74 Å². The average Bonchev–Trinajstić information content (AvgIpc) is 3.41. The number of ether oxygens (including phenoxy) is 2. The van der Waals surface area contributed by atoms with Crippen LogP contribution >= 0.6 is 0 Å². The van der Waals surface area contributed by atoms with Crippen molar-refractivity contribution in [2.75, 3.05) is 13.1 Å². The largest absolute Gasteiger partial charge is 0.444 e. The number of hydrogen-bond donors (Lipinski definition) is 1. The second-order valence-electron chi connectivity index (χ2n) is 9.00. The molecule has 4 aromatic rings. The van der Waals surface area contributed by atoms with E-state index in [9.17, 15) is 4.79 Å². The van der Waals surface area contributed by atoms with Crippen molar-refractivity contribution in [2.24, 2.45) is 0 Å². The number of H-pyrrole nitrogens is 1. The van der Waals surface area contributed by atoms with Crippen molar-refractivity contribution < 1.29 is 14.3 Å². The average molecular weight is 435 g/mol. The second-order valence-corrected chi connectivity index (χ2v) is 9.00. The molecule has 0 saturated carbocycles. The summed E-state index contributed by atoms with van der Waals surface area (Å²) in [6, 6.07) is 7.97. The van der Waals surface area contributed by atoms with Crippen LogP contribution in [0.15, 0.2) is 43.0 Å². The predicted molar refractivity (Wildman–Crippen MR) is 120 cm³/mol. The number of piperidine rings is 1. The summed E-state index contributed by atoms with van der Waals surface area (Å²) in [5.74, 6) is 1.20. The number of hydrogen-bond acceptors (Lipinski definition) is 6. The van der Waals surface area contributed by atoms with Crippen molar-refractivity contribution in [3.8, 4) is 11.6 Å². The van der Waals surface area contributed by atoms with E-state index < -0.39 is 5.60 Å². The predicted octanol–water partition coefficient (Wildman–Crippen LogP) is 4.67. The first-order valence-electron chi connectivity index (χ1n) is 10.8. The van der Waals surface area contributed by atoms with E-state index in [0.29, 0.717) is 19.0 Å². The number of nitrogens with one attached hydrogen (secondary N) is 1. The Morgan fingerprint density at radius 1 is 1.12 bits per heavy atom. The molecule has 32 heavy (non-hydrogen) atoms. The fourth-order valence-electron chi connectivity index (χ4n) is 4.06. The molecule has 0 aliphatic carbocycles. The van der Waals surface area contributed by atoms with Gasteiger partial charge >= 0.3 is 6.09 Å². The summed E-state index contributed by atoms with van der Waals surface area (Å²) in [4.78, 5) is 26.1. The van der Waals surface area contributed by atoms with Gasteiger partial charge in [0.05, 0.1) is 12.2 Å². The minimum Gasteiger partial charge on any atom is -0.444 e. The second kappa shape index (κ2) is 7.81. The van der Waals surface area contributed by atoms with Crippen molar-refractivity contribution in [1.82, 2.24) is 29.6 Å². The van der Waals surface area contributed by atoms with Crippen molar-refractivity contribution >= 4 is 28.0 Å². The number of carbonyl (C=O) groups excluding carboxylic acids is 1. The number of fused-ring (bicyclic) bond motifs is 2. The Labute approximate surface area is 185 Å². The van der Waals surface area contributed by atoms with Gasteiger partial charge in [-0.1, -0.05) is 6.07 Å². The van der Waals surface area contributed by atoms with Crippen molar-refractivity contribution in [2.45, 2.75) is 45.3 Å². The summed E-state index contributed by atoms with van der Waals surface area (Å²) in [7, 11) is 0. The van der Waals surface area contributed by atoms with Gasteiger partial charge in [-0.15, -0.1) is 0 Å². The highest BCUT2D eigenvalue weighted by Gasteiger charge is 2.29. The zero-order valence-electron chi connectivity index (χ0n) is 18.4. The van der Waals surface area contributed by atoms with Gasteiger partial charge in [0.1, 0.15) is 23.1 Å². The van der Waals surface area contributed by atoms with Crippen LogP contribution in [0.5, 0.6) is 11.6 Å². The fraction of sp³-hybridized carbons (Fsp3) is 0.391. The molecule has 4 heterocycles. The van der Waals surface area contributed by atoms with Gasteiger partial charge in [-0.25, -0.2) is 19.4 Å². The third-order valence-corrected chi connectivity index (χ3v) is 5.58. The molecule has 1 fully saturated rings. The molecule has 166 valence electrons. The molecule has 1 amide bonds. The summed E-state index contributed by atoms with van der Waals surface area (Å²) < 4.78 is 13.6. The molecular weight excluding hydrogens is 408 g/mol. The third kappa shape index (κ3) is 3.86. The highest BCUT2D eigenvalue weighted by Crippen LogP contribution is 2.33. The Hall–Kier alpha value is -3.62. The summed E-state index contributed by atoms with van der Waals surface area (Å²) in [6.45, 7) is 6.87. The number of likely N-dealkylation sites (tertiary alicyclic amines) is 1. The first-order chi connectivity index (χ1) is 15.4. The molecule has 9 nitrogen and oxygen atoms in total.